The van der Waals surface area contributed by atoms with Gasteiger partial charge in [0.15, 0.2) is 0 Å². The third kappa shape index (κ3) is 6.17. The van der Waals surface area contributed by atoms with Crippen LogP contribution in [0, 0.1) is 5.92 Å². The Morgan fingerprint density at radius 1 is 1.11 bits per heavy atom. The molecule has 3 heteroatoms. The van der Waals surface area contributed by atoms with E-state index >= 15 is 0 Å². The van der Waals surface area contributed by atoms with Gasteiger partial charge in [0.1, 0.15) is 0 Å². The predicted octanol–water partition coefficient (Wildman–Crippen LogP) is 3.06. The van der Waals surface area contributed by atoms with Crippen LogP contribution in [0.4, 0.5) is 0 Å². The smallest absolute Gasteiger partial charge is 0.0652 e. The highest BCUT2D eigenvalue weighted by atomic mass is 16.5. The van der Waals surface area contributed by atoms with Gasteiger partial charge in [0.05, 0.1) is 12.2 Å². The fourth-order valence-electron chi connectivity index (χ4n) is 1.75. The van der Waals surface area contributed by atoms with Crippen LogP contribution in [0.2, 0.25) is 0 Å². The van der Waals surface area contributed by atoms with E-state index in [1.165, 1.54) is 0 Å². The van der Waals surface area contributed by atoms with Crippen LogP contribution in [-0.4, -0.2) is 23.8 Å². The summed E-state index contributed by atoms with van der Waals surface area (Å²) in [4.78, 5) is 0. The highest BCUT2D eigenvalue weighted by Gasteiger charge is 2.29. The van der Waals surface area contributed by atoms with Crippen molar-refractivity contribution >= 4 is 0 Å². The lowest BCUT2D eigenvalue weighted by atomic mass is 9.86. The molecular weight excluding hydrogens is 224 g/mol. The number of rotatable bonds is 9. The van der Waals surface area contributed by atoms with E-state index in [1.54, 1.807) is 0 Å². The molecule has 3 nitrogen and oxygen atoms in total. The fraction of sp³-hybridized carbons (Fsp3) is 1.00. The minimum absolute atomic E-state index is 0.0638. The Kier molecular flexibility index (Phi) is 7.41. The third-order valence-electron chi connectivity index (χ3n) is 4.45. The minimum atomic E-state index is -0.143. The Balaban J connectivity index is 4.29. The van der Waals surface area contributed by atoms with Gasteiger partial charge in [-0.05, 0) is 52.4 Å². The summed E-state index contributed by atoms with van der Waals surface area (Å²) in [7, 11) is 0. The van der Waals surface area contributed by atoms with Crippen molar-refractivity contribution in [2.75, 3.05) is 6.61 Å². The molecule has 0 fully saturated rings. The van der Waals surface area contributed by atoms with Crippen LogP contribution < -0.4 is 11.5 Å². The van der Waals surface area contributed by atoms with E-state index in [0.717, 1.165) is 32.3 Å². The van der Waals surface area contributed by atoms with E-state index in [1.807, 2.05) is 6.92 Å². The molecule has 0 aromatic heterocycles. The topological polar surface area (TPSA) is 61.3 Å². The van der Waals surface area contributed by atoms with Gasteiger partial charge in [0, 0.05) is 11.6 Å². The van der Waals surface area contributed by atoms with Crippen molar-refractivity contribution in [3.8, 4) is 0 Å². The molecule has 0 saturated carbocycles. The van der Waals surface area contributed by atoms with Crippen LogP contribution in [0.3, 0.4) is 0 Å². The first-order chi connectivity index (χ1) is 8.17. The number of nitrogens with two attached hydrogens (primary N) is 2. The molecule has 110 valence electrons. The minimum Gasteiger partial charge on any atom is -0.375 e. The highest BCUT2D eigenvalue weighted by molar-refractivity contribution is 4.84. The molecule has 0 aliphatic carbocycles. The van der Waals surface area contributed by atoms with Crippen molar-refractivity contribution in [3.05, 3.63) is 0 Å². The first-order valence-corrected chi connectivity index (χ1v) is 7.35. The Morgan fingerprint density at radius 2 is 1.67 bits per heavy atom. The van der Waals surface area contributed by atoms with Crippen molar-refractivity contribution < 1.29 is 4.74 Å². The molecule has 0 rings (SSSR count). The van der Waals surface area contributed by atoms with Crippen LogP contribution in [-0.2, 0) is 4.74 Å². The van der Waals surface area contributed by atoms with Gasteiger partial charge < -0.3 is 16.2 Å². The highest BCUT2D eigenvalue weighted by Crippen LogP contribution is 2.26. The average Bonchev–Trinajstić information content (AvgIpc) is 2.33. The summed E-state index contributed by atoms with van der Waals surface area (Å²) in [5, 5.41) is 0. The molecule has 0 aromatic carbocycles. The second-order valence-electron chi connectivity index (χ2n) is 6.39. The van der Waals surface area contributed by atoms with Crippen molar-refractivity contribution in [3.63, 3.8) is 0 Å². The molecule has 0 heterocycles. The first-order valence-electron chi connectivity index (χ1n) is 7.35. The molecule has 0 saturated heterocycles. The molecule has 4 N–H and O–H groups in total. The fourth-order valence-corrected chi connectivity index (χ4v) is 1.75. The number of hydrogen-bond acceptors (Lipinski definition) is 3. The standard InChI is InChI=1S/C15H34N2O/c1-7-14(5,10-9-13(4)16)18-11-12(3)15(6,17)8-2/h12-13H,7-11,16-17H2,1-6H3. The molecular formula is C15H34N2O. The zero-order valence-corrected chi connectivity index (χ0v) is 13.3. The molecule has 4 atom stereocenters. The molecule has 0 bridgehead atoms. The number of ether oxygens (including phenoxy) is 1. The van der Waals surface area contributed by atoms with Crippen molar-refractivity contribution in [2.24, 2.45) is 17.4 Å². The maximum absolute atomic E-state index is 6.25. The lowest BCUT2D eigenvalue weighted by Crippen LogP contribution is -2.45. The molecule has 4 unspecified atom stereocenters. The van der Waals surface area contributed by atoms with Crippen molar-refractivity contribution in [2.45, 2.75) is 84.4 Å². The van der Waals surface area contributed by atoms with Crippen molar-refractivity contribution in [1.82, 2.24) is 0 Å². The monoisotopic (exact) mass is 258 g/mol. The molecule has 0 spiro atoms. The van der Waals surface area contributed by atoms with Gasteiger partial charge in [-0.3, -0.25) is 0 Å². The van der Waals surface area contributed by atoms with Gasteiger partial charge in [-0.2, -0.15) is 0 Å². The summed E-state index contributed by atoms with van der Waals surface area (Å²) in [6.07, 6.45) is 4.01. The summed E-state index contributed by atoms with van der Waals surface area (Å²) >= 11 is 0. The van der Waals surface area contributed by atoms with Crippen LogP contribution in [0.5, 0.6) is 0 Å². The molecule has 18 heavy (non-hydrogen) atoms. The maximum atomic E-state index is 6.25. The van der Waals surface area contributed by atoms with E-state index in [2.05, 4.69) is 34.6 Å². The molecule has 0 aliphatic rings. The molecule has 0 amide bonds. The van der Waals surface area contributed by atoms with Gasteiger partial charge in [-0.1, -0.05) is 20.8 Å². The second kappa shape index (κ2) is 7.46. The van der Waals surface area contributed by atoms with E-state index in [9.17, 15) is 0 Å². The van der Waals surface area contributed by atoms with Gasteiger partial charge in [-0.15, -0.1) is 0 Å². The SMILES string of the molecule is CCC(C)(CCC(C)N)OCC(C)C(C)(N)CC. The zero-order chi connectivity index (χ0) is 14.4. The van der Waals surface area contributed by atoms with Crippen LogP contribution in [0.1, 0.15) is 67.2 Å². The molecule has 0 radical (unpaired) electrons. The zero-order valence-electron chi connectivity index (χ0n) is 13.3. The van der Waals surface area contributed by atoms with Gasteiger partial charge in [0.2, 0.25) is 0 Å². The normalized spacial score (nSPS) is 22.0. The summed E-state index contributed by atoms with van der Waals surface area (Å²) < 4.78 is 6.14. The summed E-state index contributed by atoms with van der Waals surface area (Å²) in [6, 6.07) is 0.243. The second-order valence-corrected chi connectivity index (χ2v) is 6.39. The third-order valence-corrected chi connectivity index (χ3v) is 4.45. The molecule has 0 aliphatic heterocycles. The van der Waals surface area contributed by atoms with E-state index in [4.69, 9.17) is 16.2 Å². The summed E-state index contributed by atoms with van der Waals surface area (Å²) in [5.41, 5.74) is 11.9. The Morgan fingerprint density at radius 3 is 2.06 bits per heavy atom. The lowest BCUT2D eigenvalue weighted by molar-refractivity contribution is -0.0644. The van der Waals surface area contributed by atoms with E-state index in [0.29, 0.717) is 5.92 Å². The van der Waals surface area contributed by atoms with Crippen LogP contribution in [0.15, 0.2) is 0 Å². The summed E-state index contributed by atoms with van der Waals surface area (Å²) in [6.45, 7) is 13.5. The van der Waals surface area contributed by atoms with Gasteiger partial charge >= 0.3 is 0 Å². The first kappa shape index (κ1) is 17.9. The average molecular weight is 258 g/mol. The summed E-state index contributed by atoms with van der Waals surface area (Å²) in [5.74, 6) is 0.365. The maximum Gasteiger partial charge on any atom is 0.0652 e. The largest absolute Gasteiger partial charge is 0.375 e. The Labute approximate surface area is 114 Å². The van der Waals surface area contributed by atoms with Gasteiger partial charge in [-0.25, -0.2) is 0 Å². The van der Waals surface area contributed by atoms with Gasteiger partial charge in [0.25, 0.3) is 0 Å². The van der Waals surface area contributed by atoms with Crippen molar-refractivity contribution in [1.29, 1.82) is 0 Å². The Bertz CT molecular complexity index is 229. The van der Waals surface area contributed by atoms with E-state index in [-0.39, 0.29) is 17.2 Å². The number of hydrogen-bond donors (Lipinski definition) is 2. The van der Waals surface area contributed by atoms with Crippen LogP contribution in [0.25, 0.3) is 0 Å². The van der Waals surface area contributed by atoms with E-state index < -0.39 is 0 Å². The predicted molar refractivity (Wildman–Crippen MR) is 79.6 cm³/mol. The van der Waals surface area contributed by atoms with Crippen LogP contribution >= 0.6 is 0 Å². The Hall–Kier alpha value is -0.120. The lowest BCUT2D eigenvalue weighted by Gasteiger charge is -2.35. The quantitative estimate of drug-likeness (QED) is 0.668. The molecule has 0 aromatic rings.